The molecule has 118 valence electrons. The van der Waals surface area contributed by atoms with Crippen LogP contribution in [-0.4, -0.2) is 38.8 Å². The van der Waals surface area contributed by atoms with Crippen molar-refractivity contribution in [3.05, 3.63) is 30.1 Å². The van der Waals surface area contributed by atoms with E-state index in [1.165, 1.54) is 0 Å². The average molecular weight is 321 g/mol. The molecular weight excluding hydrogens is 302 g/mol. The minimum absolute atomic E-state index is 0.0696. The lowest BCUT2D eigenvalue weighted by molar-refractivity contribution is -0.142. The number of hydrogen-bond donors (Lipinski definition) is 2. The van der Waals surface area contributed by atoms with E-state index in [0.29, 0.717) is 12.2 Å². The molecule has 1 aromatic heterocycles. The molecule has 7 heteroatoms. The van der Waals surface area contributed by atoms with Crippen molar-refractivity contribution in [3.8, 4) is 0 Å². The first kappa shape index (κ1) is 16.4. The van der Waals surface area contributed by atoms with E-state index in [0.717, 1.165) is 16.9 Å². The van der Waals surface area contributed by atoms with Gasteiger partial charge in [0.2, 0.25) is 5.91 Å². The van der Waals surface area contributed by atoms with Crippen molar-refractivity contribution in [3.63, 3.8) is 0 Å². The maximum Gasteiger partial charge on any atom is 0.326 e. The Balaban J connectivity index is 2.24. The second kappa shape index (κ2) is 7.31. The molecule has 1 unspecified atom stereocenters. The van der Waals surface area contributed by atoms with E-state index in [1.807, 2.05) is 35.1 Å². The zero-order valence-electron chi connectivity index (χ0n) is 12.6. The van der Waals surface area contributed by atoms with Crippen LogP contribution in [0.5, 0.6) is 0 Å². The smallest absolute Gasteiger partial charge is 0.326 e. The number of carbonyl (C=O) groups excluding carboxylic acids is 1. The molecule has 2 rings (SSSR count). The summed E-state index contributed by atoms with van der Waals surface area (Å²) in [5.74, 6) is 0.167. The molecule has 0 radical (unpaired) electrons. The first-order valence-electron chi connectivity index (χ1n) is 7.02. The molecule has 0 aliphatic heterocycles. The Kier molecular flexibility index (Phi) is 5.43. The maximum absolute atomic E-state index is 12.2. The summed E-state index contributed by atoms with van der Waals surface area (Å²) in [5, 5.41) is 11.6. The van der Waals surface area contributed by atoms with E-state index in [-0.39, 0.29) is 12.5 Å². The molecule has 1 atom stereocenters. The van der Waals surface area contributed by atoms with Gasteiger partial charge in [0.25, 0.3) is 0 Å². The summed E-state index contributed by atoms with van der Waals surface area (Å²) in [5.41, 5.74) is 1.72. The van der Waals surface area contributed by atoms with Gasteiger partial charge in [-0.15, -0.1) is 0 Å². The van der Waals surface area contributed by atoms with Crippen LogP contribution in [0.3, 0.4) is 0 Å². The van der Waals surface area contributed by atoms with Gasteiger partial charge in [0, 0.05) is 0 Å². The molecule has 0 saturated heterocycles. The Labute approximate surface area is 132 Å². The van der Waals surface area contributed by atoms with Gasteiger partial charge in [0.1, 0.15) is 18.4 Å². The third-order valence-electron chi connectivity index (χ3n) is 3.35. The number of nitrogens with zero attached hydrogens (tertiary/aromatic N) is 2. The van der Waals surface area contributed by atoms with Gasteiger partial charge in [-0.1, -0.05) is 19.1 Å². The number of fused-ring (bicyclic) bond motifs is 1. The second-order valence-electron chi connectivity index (χ2n) is 4.90. The first-order chi connectivity index (χ1) is 10.6. The van der Waals surface area contributed by atoms with Gasteiger partial charge in [-0.25, -0.2) is 9.78 Å². The highest BCUT2D eigenvalue weighted by molar-refractivity contribution is 7.97. The van der Waals surface area contributed by atoms with Crippen molar-refractivity contribution in [1.29, 1.82) is 0 Å². The van der Waals surface area contributed by atoms with Crippen LogP contribution in [-0.2, 0) is 21.9 Å². The number of aromatic nitrogens is 2. The number of carboxylic acids is 1. The predicted molar refractivity (Wildman–Crippen MR) is 86.8 cm³/mol. The van der Waals surface area contributed by atoms with Crippen LogP contribution in [0, 0.1) is 0 Å². The van der Waals surface area contributed by atoms with Crippen LogP contribution in [0.4, 0.5) is 0 Å². The highest BCUT2D eigenvalue weighted by Gasteiger charge is 2.19. The van der Waals surface area contributed by atoms with Crippen LogP contribution in [0.15, 0.2) is 24.3 Å². The molecule has 22 heavy (non-hydrogen) atoms. The van der Waals surface area contributed by atoms with E-state index < -0.39 is 12.0 Å². The Morgan fingerprint density at radius 1 is 1.41 bits per heavy atom. The van der Waals surface area contributed by atoms with Crippen LogP contribution in [0.2, 0.25) is 0 Å². The van der Waals surface area contributed by atoms with Gasteiger partial charge < -0.3 is 15.0 Å². The monoisotopic (exact) mass is 321 g/mol. The number of para-hydroxylation sites is 2. The lowest BCUT2D eigenvalue weighted by Crippen LogP contribution is -2.41. The highest BCUT2D eigenvalue weighted by Crippen LogP contribution is 2.18. The number of aliphatic carboxylic acids is 1. The fourth-order valence-corrected chi connectivity index (χ4v) is 2.74. The summed E-state index contributed by atoms with van der Waals surface area (Å²) in [6.45, 7) is 1.80. The van der Waals surface area contributed by atoms with E-state index in [1.54, 1.807) is 18.7 Å². The Morgan fingerprint density at radius 3 is 2.77 bits per heavy atom. The Morgan fingerprint density at radius 2 is 2.14 bits per heavy atom. The Hall–Kier alpha value is -2.02. The molecular formula is C15H19N3O3S. The second-order valence-corrected chi connectivity index (χ2v) is 5.77. The molecule has 0 aliphatic rings. The van der Waals surface area contributed by atoms with Crippen molar-refractivity contribution < 1.29 is 14.7 Å². The van der Waals surface area contributed by atoms with Crippen molar-refractivity contribution in [2.24, 2.45) is 0 Å². The number of nitrogens with one attached hydrogen (secondary N) is 1. The lowest BCUT2D eigenvalue weighted by Gasteiger charge is -2.14. The summed E-state index contributed by atoms with van der Waals surface area (Å²) in [4.78, 5) is 27.7. The summed E-state index contributed by atoms with van der Waals surface area (Å²) in [6.07, 6.45) is 2.32. The van der Waals surface area contributed by atoms with Gasteiger partial charge in [-0.05, 0) is 24.8 Å². The van der Waals surface area contributed by atoms with Crippen molar-refractivity contribution in [1.82, 2.24) is 14.9 Å². The number of carbonyl (C=O) groups is 2. The summed E-state index contributed by atoms with van der Waals surface area (Å²) in [7, 11) is 0. The summed E-state index contributed by atoms with van der Waals surface area (Å²) >= 11 is 1.63. The minimum atomic E-state index is -1.02. The number of carboxylic acid groups (broad SMARTS) is 1. The molecule has 0 saturated carbocycles. The van der Waals surface area contributed by atoms with Crippen LogP contribution in [0.25, 0.3) is 11.0 Å². The molecule has 1 amide bonds. The van der Waals surface area contributed by atoms with Gasteiger partial charge >= 0.3 is 5.97 Å². The van der Waals surface area contributed by atoms with Gasteiger partial charge in [0.05, 0.1) is 16.8 Å². The van der Waals surface area contributed by atoms with Crippen LogP contribution < -0.4 is 5.32 Å². The van der Waals surface area contributed by atoms with Gasteiger partial charge in [0.15, 0.2) is 0 Å². The first-order valence-corrected chi connectivity index (χ1v) is 8.41. The fraction of sp³-hybridized carbons (Fsp3) is 0.400. The minimum Gasteiger partial charge on any atom is -0.480 e. The number of amides is 1. The Bertz CT molecular complexity index is 684. The van der Waals surface area contributed by atoms with Crippen LogP contribution in [0.1, 0.15) is 19.2 Å². The highest BCUT2D eigenvalue weighted by atomic mass is 32.2. The third-order valence-corrected chi connectivity index (χ3v) is 3.90. The molecule has 2 aromatic rings. The van der Waals surface area contributed by atoms with Crippen molar-refractivity contribution in [2.75, 3.05) is 6.26 Å². The van der Waals surface area contributed by atoms with Crippen molar-refractivity contribution in [2.45, 2.75) is 31.7 Å². The molecule has 6 nitrogen and oxygen atoms in total. The van der Waals surface area contributed by atoms with E-state index >= 15 is 0 Å². The fourth-order valence-electron chi connectivity index (χ4n) is 2.26. The normalized spacial score (nSPS) is 12.3. The predicted octanol–water partition coefficient (Wildman–Crippen LogP) is 1.88. The molecule has 1 heterocycles. The zero-order chi connectivity index (χ0) is 16.1. The van der Waals surface area contributed by atoms with Crippen LogP contribution >= 0.6 is 11.8 Å². The zero-order valence-corrected chi connectivity index (χ0v) is 13.4. The van der Waals surface area contributed by atoms with E-state index in [9.17, 15) is 9.59 Å². The number of benzene rings is 1. The maximum atomic E-state index is 12.2. The molecule has 2 N–H and O–H groups in total. The topological polar surface area (TPSA) is 84.2 Å². The number of imidazole rings is 1. The van der Waals surface area contributed by atoms with E-state index in [4.69, 9.17) is 5.11 Å². The number of thioether (sulfide) groups is 1. The average Bonchev–Trinajstić information content (AvgIpc) is 2.83. The third kappa shape index (κ3) is 3.59. The molecule has 0 aliphatic carbocycles. The SMILES string of the molecule is CCC(NC(=O)Cn1c(CSC)nc2ccccc21)C(=O)O. The molecule has 1 aromatic carbocycles. The number of hydrogen-bond acceptors (Lipinski definition) is 4. The van der Waals surface area contributed by atoms with Gasteiger partial charge in [-0.3, -0.25) is 4.79 Å². The number of rotatable bonds is 7. The lowest BCUT2D eigenvalue weighted by atomic mass is 10.2. The molecule has 0 spiro atoms. The largest absolute Gasteiger partial charge is 0.480 e. The standard InChI is InChI=1S/C15H19N3O3S/c1-3-10(15(20)21)17-14(19)8-18-12-7-5-4-6-11(12)16-13(18)9-22-2/h4-7,10H,3,8-9H2,1-2H3,(H,17,19)(H,20,21). The van der Waals surface area contributed by atoms with E-state index in [2.05, 4.69) is 10.3 Å². The molecule has 0 fully saturated rings. The molecule has 0 bridgehead atoms. The summed E-state index contributed by atoms with van der Waals surface area (Å²) in [6, 6.07) is 6.76. The van der Waals surface area contributed by atoms with Crippen molar-refractivity contribution >= 4 is 34.7 Å². The quantitative estimate of drug-likeness (QED) is 0.813. The summed E-state index contributed by atoms with van der Waals surface area (Å²) < 4.78 is 1.84. The van der Waals surface area contributed by atoms with Gasteiger partial charge in [-0.2, -0.15) is 11.8 Å².